The molecule has 0 aliphatic rings. The van der Waals surface area contributed by atoms with Crippen LogP contribution in [0.1, 0.15) is 6.92 Å². The fourth-order valence-corrected chi connectivity index (χ4v) is 0.997. The number of carboxylic acid groups (broad SMARTS) is 2. The van der Waals surface area contributed by atoms with E-state index in [9.17, 15) is 14.4 Å². The SMILES string of the molecule is CCOC(=O)CN(CC(=O)O)CC(=O)O.OCC(O)CO. The van der Waals surface area contributed by atoms with Crippen LogP contribution < -0.4 is 0 Å². The summed E-state index contributed by atoms with van der Waals surface area (Å²) >= 11 is 0. The first-order valence-electron chi connectivity index (χ1n) is 5.98. The lowest BCUT2D eigenvalue weighted by molar-refractivity contribution is -0.147. The first-order valence-corrected chi connectivity index (χ1v) is 5.98. The second-order valence-corrected chi connectivity index (χ2v) is 3.76. The van der Waals surface area contributed by atoms with Crippen molar-refractivity contribution in [3.05, 3.63) is 0 Å². The molecule has 0 amide bonds. The van der Waals surface area contributed by atoms with Crippen LogP contribution in [0.25, 0.3) is 0 Å². The third-order valence-electron chi connectivity index (χ3n) is 1.80. The quantitative estimate of drug-likeness (QED) is 0.284. The molecule has 0 fully saturated rings. The second kappa shape index (κ2) is 13.2. The van der Waals surface area contributed by atoms with Crippen molar-refractivity contribution in [2.45, 2.75) is 13.0 Å². The third kappa shape index (κ3) is 16.2. The van der Waals surface area contributed by atoms with Crippen LogP contribution in [0.4, 0.5) is 0 Å². The highest BCUT2D eigenvalue weighted by molar-refractivity contribution is 5.76. The highest BCUT2D eigenvalue weighted by atomic mass is 16.5. The summed E-state index contributed by atoms with van der Waals surface area (Å²) in [5, 5.41) is 40.9. The van der Waals surface area contributed by atoms with Gasteiger partial charge < -0.3 is 30.3 Å². The molecular formula is C11H21NO9. The van der Waals surface area contributed by atoms with E-state index in [-0.39, 0.29) is 26.4 Å². The molecule has 0 aromatic rings. The highest BCUT2D eigenvalue weighted by Gasteiger charge is 2.17. The number of hydrogen-bond donors (Lipinski definition) is 5. The number of aliphatic carboxylic acids is 2. The third-order valence-corrected chi connectivity index (χ3v) is 1.80. The zero-order chi connectivity index (χ0) is 16.8. The Morgan fingerprint density at radius 3 is 1.67 bits per heavy atom. The molecule has 0 spiro atoms. The fourth-order valence-electron chi connectivity index (χ4n) is 0.997. The van der Waals surface area contributed by atoms with Gasteiger partial charge in [-0.15, -0.1) is 0 Å². The largest absolute Gasteiger partial charge is 0.480 e. The van der Waals surface area contributed by atoms with E-state index in [1.807, 2.05) is 0 Å². The Bertz CT molecular complexity index is 301. The van der Waals surface area contributed by atoms with Crippen molar-refractivity contribution in [2.24, 2.45) is 0 Å². The van der Waals surface area contributed by atoms with Gasteiger partial charge in [0, 0.05) is 0 Å². The Morgan fingerprint density at radius 1 is 1.00 bits per heavy atom. The lowest BCUT2D eigenvalue weighted by Crippen LogP contribution is -2.38. The Hall–Kier alpha value is -1.75. The van der Waals surface area contributed by atoms with Crippen molar-refractivity contribution in [1.82, 2.24) is 4.90 Å². The molecule has 0 aliphatic heterocycles. The van der Waals surface area contributed by atoms with Gasteiger partial charge in [0.25, 0.3) is 0 Å². The summed E-state index contributed by atoms with van der Waals surface area (Å²) in [6.45, 7) is -0.306. The van der Waals surface area contributed by atoms with Gasteiger partial charge >= 0.3 is 17.9 Å². The number of ether oxygens (including phenoxy) is 1. The average molecular weight is 311 g/mol. The molecular weight excluding hydrogens is 290 g/mol. The minimum Gasteiger partial charge on any atom is -0.480 e. The number of carbonyl (C=O) groups is 3. The minimum atomic E-state index is -1.19. The van der Waals surface area contributed by atoms with Gasteiger partial charge in [0.05, 0.1) is 39.5 Å². The highest BCUT2D eigenvalue weighted by Crippen LogP contribution is 1.90. The molecule has 10 heteroatoms. The monoisotopic (exact) mass is 311 g/mol. The number of aliphatic hydroxyl groups is 3. The van der Waals surface area contributed by atoms with Crippen LogP contribution in [0.3, 0.4) is 0 Å². The number of nitrogens with zero attached hydrogens (tertiary/aromatic N) is 1. The molecule has 0 saturated heterocycles. The van der Waals surface area contributed by atoms with Crippen molar-refractivity contribution in [3.63, 3.8) is 0 Å². The smallest absolute Gasteiger partial charge is 0.320 e. The second-order valence-electron chi connectivity index (χ2n) is 3.76. The van der Waals surface area contributed by atoms with Gasteiger partial charge in [-0.2, -0.15) is 0 Å². The van der Waals surface area contributed by atoms with E-state index in [1.165, 1.54) is 0 Å². The maximum atomic E-state index is 11.0. The zero-order valence-electron chi connectivity index (χ0n) is 11.6. The summed E-state index contributed by atoms with van der Waals surface area (Å²) in [5.74, 6) is -3.03. The number of aliphatic hydroxyl groups excluding tert-OH is 3. The average Bonchev–Trinajstić information content (AvgIpc) is 2.37. The van der Waals surface area contributed by atoms with E-state index >= 15 is 0 Å². The summed E-state index contributed by atoms with van der Waals surface area (Å²) in [6, 6.07) is 0. The minimum absolute atomic E-state index is 0.173. The van der Waals surface area contributed by atoms with Crippen LogP contribution in [0.2, 0.25) is 0 Å². The number of esters is 1. The van der Waals surface area contributed by atoms with Crippen LogP contribution in [-0.4, -0.2) is 93.9 Å². The van der Waals surface area contributed by atoms with Crippen molar-refractivity contribution in [3.8, 4) is 0 Å². The summed E-state index contributed by atoms with van der Waals surface area (Å²) in [5.41, 5.74) is 0. The Kier molecular flexibility index (Phi) is 13.6. The lowest BCUT2D eigenvalue weighted by atomic mass is 10.4. The topological polar surface area (TPSA) is 165 Å². The predicted molar refractivity (Wildman–Crippen MR) is 68.5 cm³/mol. The van der Waals surface area contributed by atoms with E-state index in [1.54, 1.807) is 6.92 Å². The molecule has 5 N–H and O–H groups in total. The molecule has 124 valence electrons. The van der Waals surface area contributed by atoms with Crippen LogP contribution in [0, 0.1) is 0 Å². The van der Waals surface area contributed by atoms with Crippen molar-refractivity contribution in [2.75, 3.05) is 39.5 Å². The summed E-state index contributed by atoms with van der Waals surface area (Å²) in [4.78, 5) is 32.6. The molecule has 0 bridgehead atoms. The van der Waals surface area contributed by atoms with Gasteiger partial charge in [-0.3, -0.25) is 19.3 Å². The fraction of sp³-hybridized carbons (Fsp3) is 0.727. The Balaban J connectivity index is 0. The standard InChI is InChI=1S/C8H13NO6.C3H8O3/c1-2-15-8(14)5-9(3-6(10)11)4-7(12)13;4-1-3(6)2-5/h2-5H2,1H3,(H,10,11)(H,12,13);3-6H,1-2H2. The lowest BCUT2D eigenvalue weighted by Gasteiger charge is -2.16. The number of rotatable bonds is 9. The summed E-state index contributed by atoms with van der Waals surface area (Å²) in [6.07, 6.45) is -0.954. The van der Waals surface area contributed by atoms with Crippen LogP contribution in [0.5, 0.6) is 0 Å². The molecule has 0 aromatic heterocycles. The van der Waals surface area contributed by atoms with Crippen LogP contribution in [0.15, 0.2) is 0 Å². The first kappa shape index (κ1) is 21.5. The van der Waals surface area contributed by atoms with E-state index in [2.05, 4.69) is 4.74 Å². The predicted octanol–water partition coefficient (Wildman–Crippen LogP) is -2.65. The van der Waals surface area contributed by atoms with Gasteiger partial charge in [0.2, 0.25) is 0 Å². The maximum Gasteiger partial charge on any atom is 0.320 e. The van der Waals surface area contributed by atoms with Crippen LogP contribution >= 0.6 is 0 Å². The normalized spacial score (nSPS) is 10.0. The van der Waals surface area contributed by atoms with Gasteiger partial charge in [-0.1, -0.05) is 0 Å². The molecule has 0 rings (SSSR count). The molecule has 0 saturated carbocycles. The van der Waals surface area contributed by atoms with Crippen molar-refractivity contribution < 1.29 is 44.7 Å². The van der Waals surface area contributed by atoms with Gasteiger partial charge in [-0.25, -0.2) is 0 Å². The van der Waals surface area contributed by atoms with Gasteiger partial charge in [0.15, 0.2) is 0 Å². The molecule has 0 radical (unpaired) electrons. The van der Waals surface area contributed by atoms with E-state index in [0.29, 0.717) is 0 Å². The maximum absolute atomic E-state index is 11.0. The number of hydrogen-bond acceptors (Lipinski definition) is 8. The van der Waals surface area contributed by atoms with Crippen LogP contribution in [-0.2, 0) is 19.1 Å². The molecule has 21 heavy (non-hydrogen) atoms. The Labute approximate surface area is 121 Å². The van der Waals surface area contributed by atoms with Crippen molar-refractivity contribution >= 4 is 17.9 Å². The summed E-state index contributed by atoms with van der Waals surface area (Å²) < 4.78 is 4.57. The summed E-state index contributed by atoms with van der Waals surface area (Å²) in [7, 11) is 0. The molecule has 0 atom stereocenters. The Morgan fingerprint density at radius 2 is 1.43 bits per heavy atom. The van der Waals surface area contributed by atoms with E-state index < -0.39 is 37.1 Å². The van der Waals surface area contributed by atoms with Gasteiger partial charge in [0.1, 0.15) is 6.10 Å². The number of carboxylic acids is 2. The van der Waals surface area contributed by atoms with Gasteiger partial charge in [-0.05, 0) is 6.92 Å². The molecule has 0 aromatic carbocycles. The number of carbonyl (C=O) groups excluding carboxylic acids is 1. The molecule has 0 heterocycles. The van der Waals surface area contributed by atoms with E-state index in [0.717, 1.165) is 4.90 Å². The van der Waals surface area contributed by atoms with Crippen molar-refractivity contribution in [1.29, 1.82) is 0 Å². The molecule has 0 aliphatic carbocycles. The first-order chi connectivity index (χ1) is 9.76. The molecule has 10 nitrogen and oxygen atoms in total. The van der Waals surface area contributed by atoms with E-state index in [4.69, 9.17) is 25.5 Å². The zero-order valence-corrected chi connectivity index (χ0v) is 11.6. The molecule has 0 unspecified atom stereocenters.